The van der Waals surface area contributed by atoms with Crippen molar-refractivity contribution in [2.75, 3.05) is 18.4 Å². The van der Waals surface area contributed by atoms with E-state index < -0.39 is 0 Å². The van der Waals surface area contributed by atoms with E-state index in [-0.39, 0.29) is 11.8 Å². The average Bonchev–Trinajstić information content (AvgIpc) is 3.09. The smallest absolute Gasteiger partial charge is 0.216 e. The van der Waals surface area contributed by atoms with Crippen molar-refractivity contribution in [1.82, 2.24) is 25.1 Å². The lowest BCUT2D eigenvalue weighted by Crippen LogP contribution is -2.26. The van der Waals surface area contributed by atoms with E-state index in [2.05, 4.69) is 29.6 Å². The van der Waals surface area contributed by atoms with Crippen LogP contribution in [0.15, 0.2) is 36.5 Å². The summed E-state index contributed by atoms with van der Waals surface area (Å²) in [6.07, 6.45) is 2.74. The van der Waals surface area contributed by atoms with Gasteiger partial charge < -0.3 is 10.6 Å². The lowest BCUT2D eigenvalue weighted by molar-refractivity contribution is -0.118. The van der Waals surface area contributed by atoms with Crippen LogP contribution in [0.2, 0.25) is 0 Å². The molecule has 0 saturated heterocycles. The largest absolute Gasteiger partial charge is 0.368 e. The SMILES string of the molecule is CC[C@H](C)c1nc(NCCNC(C)=O)c2cnn(-c3ccccc3)c2n1. The van der Waals surface area contributed by atoms with Crippen LogP contribution >= 0.6 is 0 Å². The molecule has 0 saturated carbocycles. The quantitative estimate of drug-likeness (QED) is 0.639. The van der Waals surface area contributed by atoms with Crippen LogP contribution in [0.1, 0.15) is 38.9 Å². The van der Waals surface area contributed by atoms with E-state index in [4.69, 9.17) is 9.97 Å². The molecule has 3 aromatic rings. The second kappa shape index (κ2) is 7.95. The Kier molecular flexibility index (Phi) is 5.46. The van der Waals surface area contributed by atoms with Crippen LogP contribution in [-0.4, -0.2) is 38.7 Å². The van der Waals surface area contributed by atoms with Gasteiger partial charge in [-0.2, -0.15) is 5.10 Å². The number of hydrogen-bond acceptors (Lipinski definition) is 5. The summed E-state index contributed by atoms with van der Waals surface area (Å²) in [6, 6.07) is 9.94. The average molecular weight is 352 g/mol. The maximum Gasteiger partial charge on any atom is 0.216 e. The van der Waals surface area contributed by atoms with Crippen LogP contribution in [0.25, 0.3) is 16.7 Å². The minimum absolute atomic E-state index is 0.0446. The number of benzene rings is 1. The standard InChI is InChI=1S/C19H24N6O/c1-4-13(2)17-23-18(21-11-10-20-14(3)26)16-12-22-25(19(16)24-17)15-8-6-5-7-9-15/h5-9,12-13H,4,10-11H2,1-3H3,(H,20,26)(H,21,23,24)/t13-/m0/s1. The summed E-state index contributed by atoms with van der Waals surface area (Å²) in [5.41, 5.74) is 1.74. The summed E-state index contributed by atoms with van der Waals surface area (Å²) in [7, 11) is 0. The zero-order valence-electron chi connectivity index (χ0n) is 15.4. The first-order valence-electron chi connectivity index (χ1n) is 8.89. The first kappa shape index (κ1) is 17.8. The third-order valence-corrected chi connectivity index (χ3v) is 4.29. The predicted molar refractivity (Wildman–Crippen MR) is 103 cm³/mol. The van der Waals surface area contributed by atoms with Gasteiger partial charge in [-0.25, -0.2) is 14.6 Å². The highest BCUT2D eigenvalue weighted by molar-refractivity contribution is 5.87. The molecule has 136 valence electrons. The van der Waals surface area contributed by atoms with E-state index in [1.54, 1.807) is 6.20 Å². The van der Waals surface area contributed by atoms with Crippen LogP contribution in [0, 0.1) is 0 Å². The number of carbonyl (C=O) groups is 1. The molecule has 0 radical (unpaired) electrons. The molecule has 0 bridgehead atoms. The van der Waals surface area contributed by atoms with Crippen molar-refractivity contribution in [1.29, 1.82) is 0 Å². The van der Waals surface area contributed by atoms with E-state index in [0.29, 0.717) is 13.1 Å². The van der Waals surface area contributed by atoms with Gasteiger partial charge in [0.2, 0.25) is 5.91 Å². The van der Waals surface area contributed by atoms with Crippen molar-refractivity contribution in [3.8, 4) is 5.69 Å². The minimum atomic E-state index is -0.0446. The fraction of sp³-hybridized carbons (Fsp3) is 0.368. The molecular weight excluding hydrogens is 328 g/mol. The maximum absolute atomic E-state index is 11.0. The van der Waals surface area contributed by atoms with Crippen molar-refractivity contribution in [2.24, 2.45) is 0 Å². The van der Waals surface area contributed by atoms with Gasteiger partial charge in [-0.1, -0.05) is 32.0 Å². The Morgan fingerprint density at radius 1 is 1.19 bits per heavy atom. The van der Waals surface area contributed by atoms with Gasteiger partial charge >= 0.3 is 0 Å². The number of para-hydroxylation sites is 1. The normalized spacial score (nSPS) is 12.1. The highest BCUT2D eigenvalue weighted by atomic mass is 16.1. The van der Waals surface area contributed by atoms with Gasteiger partial charge in [-0.15, -0.1) is 0 Å². The first-order chi connectivity index (χ1) is 12.6. The third-order valence-electron chi connectivity index (χ3n) is 4.29. The Morgan fingerprint density at radius 2 is 1.96 bits per heavy atom. The first-order valence-corrected chi connectivity index (χ1v) is 8.89. The number of nitrogens with zero attached hydrogens (tertiary/aromatic N) is 4. The van der Waals surface area contributed by atoms with E-state index in [1.807, 2.05) is 35.0 Å². The number of anilines is 1. The second-order valence-corrected chi connectivity index (χ2v) is 6.28. The Morgan fingerprint density at radius 3 is 2.65 bits per heavy atom. The zero-order chi connectivity index (χ0) is 18.5. The topological polar surface area (TPSA) is 84.7 Å². The van der Waals surface area contributed by atoms with Crippen molar-refractivity contribution in [3.05, 3.63) is 42.4 Å². The number of carbonyl (C=O) groups excluding carboxylic acids is 1. The molecule has 26 heavy (non-hydrogen) atoms. The van der Waals surface area contributed by atoms with Crippen LogP contribution < -0.4 is 10.6 Å². The summed E-state index contributed by atoms with van der Waals surface area (Å²) in [5.74, 6) is 1.74. The maximum atomic E-state index is 11.0. The predicted octanol–water partition coefficient (Wildman–Crippen LogP) is 2.88. The van der Waals surface area contributed by atoms with Gasteiger partial charge in [-0.3, -0.25) is 4.79 Å². The Bertz CT molecular complexity index is 890. The summed E-state index contributed by atoms with van der Waals surface area (Å²) >= 11 is 0. The molecule has 0 aliphatic carbocycles. The lowest BCUT2D eigenvalue weighted by Gasteiger charge is -2.13. The van der Waals surface area contributed by atoms with Gasteiger partial charge in [0.15, 0.2) is 5.65 Å². The fourth-order valence-corrected chi connectivity index (χ4v) is 2.64. The van der Waals surface area contributed by atoms with E-state index in [1.165, 1.54) is 6.92 Å². The number of rotatable bonds is 7. The molecule has 7 nitrogen and oxygen atoms in total. The van der Waals surface area contributed by atoms with E-state index >= 15 is 0 Å². The number of hydrogen-bond donors (Lipinski definition) is 2. The molecule has 0 unspecified atom stereocenters. The molecule has 7 heteroatoms. The van der Waals surface area contributed by atoms with Crippen LogP contribution in [0.5, 0.6) is 0 Å². The highest BCUT2D eigenvalue weighted by Gasteiger charge is 2.16. The van der Waals surface area contributed by atoms with Crippen LogP contribution in [0.3, 0.4) is 0 Å². The summed E-state index contributed by atoms with van der Waals surface area (Å²) in [5, 5.41) is 11.5. The molecule has 2 heterocycles. The van der Waals surface area contributed by atoms with E-state index in [9.17, 15) is 4.79 Å². The molecule has 1 aromatic carbocycles. The Labute approximate surface area is 152 Å². The zero-order valence-corrected chi connectivity index (χ0v) is 15.4. The molecule has 0 aliphatic heterocycles. The fourth-order valence-electron chi connectivity index (χ4n) is 2.64. The van der Waals surface area contributed by atoms with Crippen molar-refractivity contribution in [3.63, 3.8) is 0 Å². The van der Waals surface area contributed by atoms with Gasteiger partial charge in [0.1, 0.15) is 11.6 Å². The van der Waals surface area contributed by atoms with Gasteiger partial charge in [-0.05, 0) is 18.6 Å². The molecule has 2 aromatic heterocycles. The molecular formula is C19H24N6O. The van der Waals surface area contributed by atoms with Crippen LogP contribution in [-0.2, 0) is 4.79 Å². The molecule has 2 N–H and O–H groups in total. The van der Waals surface area contributed by atoms with Crippen molar-refractivity contribution >= 4 is 22.8 Å². The Balaban J connectivity index is 2.00. The summed E-state index contributed by atoms with van der Waals surface area (Å²) in [6.45, 7) is 6.87. The van der Waals surface area contributed by atoms with Crippen molar-refractivity contribution in [2.45, 2.75) is 33.1 Å². The highest BCUT2D eigenvalue weighted by Crippen LogP contribution is 2.26. The minimum Gasteiger partial charge on any atom is -0.368 e. The third kappa shape index (κ3) is 3.82. The lowest BCUT2D eigenvalue weighted by atomic mass is 10.1. The monoisotopic (exact) mass is 352 g/mol. The number of nitrogens with one attached hydrogen (secondary N) is 2. The Hall–Kier alpha value is -2.96. The second-order valence-electron chi connectivity index (χ2n) is 6.28. The number of amides is 1. The number of aromatic nitrogens is 4. The van der Waals surface area contributed by atoms with Crippen molar-refractivity contribution < 1.29 is 4.79 Å². The molecule has 0 fully saturated rings. The number of fused-ring (bicyclic) bond motifs is 1. The van der Waals surface area contributed by atoms with Gasteiger partial charge in [0.25, 0.3) is 0 Å². The molecule has 0 spiro atoms. The van der Waals surface area contributed by atoms with Gasteiger partial charge in [0, 0.05) is 25.9 Å². The molecule has 0 aliphatic rings. The summed E-state index contributed by atoms with van der Waals surface area (Å²) < 4.78 is 1.84. The molecule has 1 amide bonds. The van der Waals surface area contributed by atoms with E-state index in [0.717, 1.165) is 34.8 Å². The molecule has 1 atom stereocenters. The summed E-state index contributed by atoms with van der Waals surface area (Å²) in [4.78, 5) is 20.5. The van der Waals surface area contributed by atoms with Gasteiger partial charge in [0.05, 0.1) is 17.3 Å². The molecule has 3 rings (SSSR count). The van der Waals surface area contributed by atoms with Crippen LogP contribution in [0.4, 0.5) is 5.82 Å².